The molecule has 0 bridgehead atoms. The Morgan fingerprint density at radius 3 is 2.62 bits per heavy atom. The molecule has 24 heavy (non-hydrogen) atoms. The Morgan fingerprint density at radius 1 is 1.38 bits per heavy atom. The van der Waals surface area contributed by atoms with Gasteiger partial charge in [0, 0.05) is 6.04 Å². The minimum atomic E-state index is -0.957. The molecule has 2 aromatic rings. The molecule has 3 rings (SSSR count). The highest BCUT2D eigenvalue weighted by Gasteiger charge is 2.57. The van der Waals surface area contributed by atoms with E-state index in [9.17, 15) is 4.79 Å². The number of alkyl halides is 2. The van der Waals surface area contributed by atoms with Crippen molar-refractivity contribution in [1.29, 1.82) is 0 Å². The molecular formula is C16H16Cl3N3O2. The molecule has 0 spiro atoms. The van der Waals surface area contributed by atoms with E-state index in [0.717, 1.165) is 0 Å². The molecule has 1 aliphatic rings. The number of amides is 1. The fraction of sp³-hybridized carbons (Fsp3) is 0.438. The maximum absolute atomic E-state index is 12.5. The number of benzene rings is 1. The zero-order valence-electron chi connectivity index (χ0n) is 13.2. The lowest BCUT2D eigenvalue weighted by Crippen LogP contribution is -2.38. The number of hydrogen-bond acceptors (Lipinski definition) is 4. The lowest BCUT2D eigenvalue weighted by Gasteiger charge is -2.25. The molecule has 1 amide bonds. The summed E-state index contributed by atoms with van der Waals surface area (Å²) in [6.07, 6.45) is 0.465. The molecule has 1 aliphatic carbocycles. The van der Waals surface area contributed by atoms with Crippen molar-refractivity contribution < 1.29 is 9.21 Å². The zero-order valence-corrected chi connectivity index (χ0v) is 15.4. The third-order valence-corrected chi connectivity index (χ3v) is 5.07. The van der Waals surface area contributed by atoms with E-state index in [1.807, 2.05) is 26.0 Å². The van der Waals surface area contributed by atoms with Crippen LogP contribution in [0.2, 0.25) is 5.02 Å². The van der Waals surface area contributed by atoms with E-state index in [-0.39, 0.29) is 24.4 Å². The van der Waals surface area contributed by atoms with E-state index in [4.69, 9.17) is 39.2 Å². The Kier molecular flexibility index (Phi) is 4.78. The summed E-state index contributed by atoms with van der Waals surface area (Å²) in [6.45, 7) is 4.03. The number of carbonyl (C=O) groups is 1. The summed E-state index contributed by atoms with van der Waals surface area (Å²) in [5, 5.41) is 8.56. The average Bonchev–Trinajstić information content (AvgIpc) is 2.94. The number of carbonyl (C=O) groups excluding carboxylic acids is 1. The quantitative estimate of drug-likeness (QED) is 0.716. The van der Waals surface area contributed by atoms with Crippen LogP contribution in [0.5, 0.6) is 0 Å². The topological polar surface area (TPSA) is 59.2 Å². The Labute approximate surface area is 154 Å². The second-order valence-corrected chi connectivity index (χ2v) is 8.01. The third-order valence-electron chi connectivity index (χ3n) is 3.91. The van der Waals surface area contributed by atoms with Gasteiger partial charge in [-0.1, -0.05) is 23.7 Å². The molecule has 5 nitrogen and oxygen atoms in total. The third kappa shape index (κ3) is 3.53. The van der Waals surface area contributed by atoms with E-state index in [1.54, 1.807) is 17.0 Å². The molecule has 128 valence electrons. The standard InChI is InChI=1S/C16H16Cl3N3O2/c1-9(2)22(15(23)11-7-16(11,18)19)8-13-20-21-14(24-13)10-5-3-4-6-12(10)17/h3-6,9,11H,7-8H2,1-2H3. The Bertz CT molecular complexity index is 761. The summed E-state index contributed by atoms with van der Waals surface area (Å²) in [5.41, 5.74) is 0.656. The molecule has 0 aliphatic heterocycles. The number of aromatic nitrogens is 2. The maximum Gasteiger partial charge on any atom is 0.249 e. The highest BCUT2D eigenvalue weighted by molar-refractivity contribution is 6.52. The molecule has 1 atom stereocenters. The van der Waals surface area contributed by atoms with Crippen molar-refractivity contribution in [3.63, 3.8) is 0 Å². The van der Waals surface area contributed by atoms with Crippen LogP contribution in [0.4, 0.5) is 0 Å². The first-order valence-electron chi connectivity index (χ1n) is 7.55. The molecular weight excluding hydrogens is 373 g/mol. The van der Waals surface area contributed by atoms with Crippen LogP contribution in [0.15, 0.2) is 28.7 Å². The number of rotatable bonds is 5. The summed E-state index contributed by atoms with van der Waals surface area (Å²) in [7, 11) is 0. The summed E-state index contributed by atoms with van der Waals surface area (Å²) in [6, 6.07) is 7.16. The largest absolute Gasteiger partial charge is 0.419 e. The average molecular weight is 389 g/mol. The lowest BCUT2D eigenvalue weighted by atomic mass is 10.2. The predicted octanol–water partition coefficient (Wildman–Crippen LogP) is 4.32. The first kappa shape index (κ1) is 17.5. The SMILES string of the molecule is CC(C)N(Cc1nnc(-c2ccccc2Cl)o1)C(=O)C1CC1(Cl)Cl. The molecule has 1 heterocycles. The zero-order chi connectivity index (χ0) is 17.5. The van der Waals surface area contributed by atoms with Crippen molar-refractivity contribution >= 4 is 40.7 Å². The number of hydrogen-bond donors (Lipinski definition) is 0. The van der Waals surface area contributed by atoms with Gasteiger partial charge in [0.05, 0.1) is 23.0 Å². The van der Waals surface area contributed by atoms with Gasteiger partial charge < -0.3 is 9.32 Å². The Hall–Kier alpha value is -1.30. The molecule has 1 aromatic carbocycles. The molecule has 0 radical (unpaired) electrons. The van der Waals surface area contributed by atoms with Crippen LogP contribution >= 0.6 is 34.8 Å². The predicted molar refractivity (Wildman–Crippen MR) is 93.0 cm³/mol. The smallest absolute Gasteiger partial charge is 0.249 e. The van der Waals surface area contributed by atoms with Gasteiger partial charge in [0.2, 0.25) is 17.7 Å². The maximum atomic E-state index is 12.5. The van der Waals surface area contributed by atoms with Crippen molar-refractivity contribution in [3.05, 3.63) is 35.2 Å². The fourth-order valence-corrected chi connectivity index (χ4v) is 3.11. The molecule has 1 aromatic heterocycles. The molecule has 1 unspecified atom stereocenters. The highest BCUT2D eigenvalue weighted by Crippen LogP contribution is 2.54. The van der Waals surface area contributed by atoms with Crippen LogP contribution < -0.4 is 0 Å². The van der Waals surface area contributed by atoms with Crippen LogP contribution in [0.25, 0.3) is 11.5 Å². The minimum absolute atomic E-state index is 0.0436. The second kappa shape index (κ2) is 6.54. The van der Waals surface area contributed by atoms with E-state index in [1.165, 1.54) is 0 Å². The first-order chi connectivity index (χ1) is 11.3. The number of halogens is 3. The van der Waals surface area contributed by atoms with Gasteiger partial charge in [0.15, 0.2) is 0 Å². The van der Waals surface area contributed by atoms with Crippen LogP contribution in [0, 0.1) is 5.92 Å². The van der Waals surface area contributed by atoms with Crippen molar-refractivity contribution in [3.8, 4) is 11.5 Å². The second-order valence-electron chi connectivity index (χ2n) is 6.06. The summed E-state index contributed by atoms with van der Waals surface area (Å²) < 4.78 is 4.71. The first-order valence-corrected chi connectivity index (χ1v) is 8.68. The van der Waals surface area contributed by atoms with Gasteiger partial charge in [-0.25, -0.2) is 0 Å². The Balaban J connectivity index is 1.77. The van der Waals surface area contributed by atoms with Crippen molar-refractivity contribution in [2.45, 2.75) is 37.2 Å². The molecule has 8 heteroatoms. The van der Waals surface area contributed by atoms with E-state index < -0.39 is 4.33 Å². The molecule has 1 fully saturated rings. The van der Waals surface area contributed by atoms with Gasteiger partial charge in [-0.15, -0.1) is 33.4 Å². The summed E-state index contributed by atoms with van der Waals surface area (Å²) in [4.78, 5) is 14.2. The molecule has 1 saturated carbocycles. The van der Waals surface area contributed by atoms with E-state index in [0.29, 0.717) is 28.8 Å². The van der Waals surface area contributed by atoms with Gasteiger partial charge in [0.1, 0.15) is 4.33 Å². The van der Waals surface area contributed by atoms with Gasteiger partial charge in [-0.05, 0) is 32.4 Å². The molecule has 0 N–H and O–H groups in total. The van der Waals surface area contributed by atoms with Gasteiger partial charge >= 0.3 is 0 Å². The van der Waals surface area contributed by atoms with Gasteiger partial charge in [0.25, 0.3) is 0 Å². The van der Waals surface area contributed by atoms with Crippen LogP contribution in [-0.2, 0) is 11.3 Å². The normalized spacial score (nSPS) is 18.7. The van der Waals surface area contributed by atoms with Crippen LogP contribution in [-0.4, -0.2) is 31.4 Å². The van der Waals surface area contributed by atoms with E-state index >= 15 is 0 Å². The van der Waals surface area contributed by atoms with Gasteiger partial charge in [-0.2, -0.15) is 0 Å². The minimum Gasteiger partial charge on any atom is -0.419 e. The summed E-state index contributed by atoms with van der Waals surface area (Å²) in [5.74, 6) is 0.172. The highest BCUT2D eigenvalue weighted by atomic mass is 35.5. The van der Waals surface area contributed by atoms with Gasteiger partial charge in [-0.3, -0.25) is 4.79 Å². The van der Waals surface area contributed by atoms with Crippen molar-refractivity contribution in [2.24, 2.45) is 5.92 Å². The fourth-order valence-electron chi connectivity index (χ4n) is 2.40. The van der Waals surface area contributed by atoms with E-state index in [2.05, 4.69) is 10.2 Å². The number of nitrogens with zero attached hydrogens (tertiary/aromatic N) is 3. The molecule has 0 saturated heterocycles. The van der Waals surface area contributed by atoms with Crippen molar-refractivity contribution in [2.75, 3.05) is 0 Å². The van der Waals surface area contributed by atoms with Crippen LogP contribution in [0.3, 0.4) is 0 Å². The monoisotopic (exact) mass is 387 g/mol. The Morgan fingerprint density at radius 2 is 2.04 bits per heavy atom. The lowest BCUT2D eigenvalue weighted by molar-refractivity contribution is -0.135. The van der Waals surface area contributed by atoms with Crippen molar-refractivity contribution in [1.82, 2.24) is 15.1 Å². The van der Waals surface area contributed by atoms with Crippen LogP contribution in [0.1, 0.15) is 26.2 Å². The summed E-state index contributed by atoms with van der Waals surface area (Å²) >= 11 is 18.1.